The predicted octanol–water partition coefficient (Wildman–Crippen LogP) is 11.5. The third-order valence-corrected chi connectivity index (χ3v) is 24.4. The van der Waals surface area contributed by atoms with Gasteiger partial charge in [-0.25, -0.2) is 8.42 Å². The third kappa shape index (κ3) is 25.2. The first-order chi connectivity index (χ1) is 57.7. The van der Waals surface area contributed by atoms with E-state index in [9.17, 15) is 66.6 Å². The monoisotopic (exact) mass is 1890 g/mol. The number of benzene rings is 8. The van der Waals surface area contributed by atoms with Crippen LogP contribution in [-0.2, 0) is 107 Å². The molecule has 0 unspecified atom stereocenters. The van der Waals surface area contributed by atoms with Crippen molar-refractivity contribution in [1.82, 2.24) is 0 Å². The van der Waals surface area contributed by atoms with Gasteiger partial charge in [0.05, 0.1) is 54.0 Å². The van der Waals surface area contributed by atoms with E-state index >= 15 is 0 Å². The predicted molar refractivity (Wildman–Crippen MR) is 461 cm³/mol. The van der Waals surface area contributed by atoms with Crippen molar-refractivity contribution in [2.24, 2.45) is 14.1 Å². The third-order valence-electron chi connectivity index (χ3n) is 19.0. The van der Waals surface area contributed by atoms with Crippen molar-refractivity contribution in [3.8, 4) is 0 Å². The molecule has 0 amide bonds. The number of thioether (sulfide) groups is 1. The Labute approximate surface area is 725 Å². The number of aromatic nitrogens is 2. The topological polar surface area (TPSA) is 514 Å². The number of para-hydroxylation sites is 4. The number of carboxylic acids is 2. The maximum atomic E-state index is 12.2. The van der Waals surface area contributed by atoms with Crippen molar-refractivity contribution >= 4 is 220 Å². The van der Waals surface area contributed by atoms with Crippen LogP contribution < -0.4 is 18.9 Å². The second kappa shape index (κ2) is 42.2. The number of hydrogen-bond donors (Lipinski definition) is 6. The molecule has 8 aromatic carbocycles. The first-order valence-electron chi connectivity index (χ1n) is 35.3. The number of pyridine rings is 2. The molecule has 14 rings (SSSR count). The van der Waals surface area contributed by atoms with Crippen LogP contribution >= 0.6 is 36.0 Å². The molecule has 0 spiro atoms. The van der Waals surface area contributed by atoms with Crippen molar-refractivity contribution in [3.63, 3.8) is 0 Å². The lowest BCUT2D eigenvalue weighted by Crippen LogP contribution is -2.30. The molecule has 0 fully saturated rings. The molecule has 0 atom stereocenters. The van der Waals surface area contributed by atoms with Gasteiger partial charge in [-0.3, -0.25) is 23.2 Å². The Morgan fingerprint density at radius 2 is 0.732 bits per heavy atom. The van der Waals surface area contributed by atoms with Crippen LogP contribution in [0.4, 0.5) is 22.7 Å². The molecule has 2 aliphatic carbocycles. The molecule has 43 heteroatoms. The summed E-state index contributed by atoms with van der Waals surface area (Å²) in [6.07, 6.45) is 18.4. The summed E-state index contributed by atoms with van der Waals surface area (Å²) in [5, 5.41) is 19.6. The van der Waals surface area contributed by atoms with E-state index in [4.69, 9.17) is 67.2 Å². The minimum absolute atomic E-state index is 0.0338. The highest BCUT2D eigenvalue weighted by molar-refractivity contribution is 8.03. The van der Waals surface area contributed by atoms with Gasteiger partial charge in [0, 0.05) is 116 Å². The zero-order chi connectivity index (χ0) is 90.9. The van der Waals surface area contributed by atoms with E-state index < -0.39 is 99.7 Å². The zero-order valence-electron chi connectivity index (χ0n) is 64.4. The Hall–Kier alpha value is -11.3. The van der Waals surface area contributed by atoms with Crippen LogP contribution in [-0.4, -0.2) is 150 Å². The SMILES string of the molecule is CN1c2ccccc2C(=C/C=C2\CCC(/C=C/c3c4cc(S(=O)(=O)O)ccc4[n+](C)c4ccc(S(=O)(=O)O)cc34)=C2SCCC(=O)O)c2ccccc21.CN1c2ccccc2C(=C/C=C2\CCC(/C=C/c3c4cc(S(=O)(=O)[O-])ccc4[n+](C)c4ccc(S(=O)(=O)O)cc34)=C2Cl)c2ccccc21.O=C(O)CCS.O=S(=O)=O.O=S(=O)=O.O=S(=O)=O.O=S(=O)=O. The van der Waals surface area contributed by atoms with Gasteiger partial charge in [-0.15, -0.1) is 62.3 Å². The molecular weight excluding hydrogens is 1820 g/mol. The van der Waals surface area contributed by atoms with Gasteiger partial charge in [-0.1, -0.05) is 133 Å². The number of aryl methyl sites for hydroxylation is 2. The molecule has 10 aromatic rings. The summed E-state index contributed by atoms with van der Waals surface area (Å²) in [6.45, 7) is 0. The highest BCUT2D eigenvalue weighted by Crippen LogP contribution is 2.48. The van der Waals surface area contributed by atoms with Crippen LogP contribution in [0, 0.1) is 0 Å². The minimum Gasteiger partial charge on any atom is -0.744 e. The summed E-state index contributed by atoms with van der Waals surface area (Å²) in [5.41, 5.74) is 18.2. The van der Waals surface area contributed by atoms with Crippen molar-refractivity contribution < 1.29 is 131 Å². The van der Waals surface area contributed by atoms with Gasteiger partial charge in [0.15, 0.2) is 0 Å². The fourth-order valence-electron chi connectivity index (χ4n) is 13.8. The van der Waals surface area contributed by atoms with Gasteiger partial charge >= 0.3 is 54.4 Å². The standard InChI is InChI=1S/C40H34N2O8S3.C37H29ClN2O6S2.C3H6O2S.4O3S/c1-41-35-9-5-3-7-31(35)29(32-8-4-6-10-36(32)41)17-13-25-11-12-26(40(25)51-22-21-39(43)44)14-18-30-33-23-27(52(45,46)47)15-19-37(33)42(2)38-20-16-28(24-34(30)38)53(48,49)50;1-39-33-9-5-3-7-29(33)27(30-8-4-6-10-34(30)39)17-13-23-11-12-24(37(23)38)14-18-28-31-21-25(47(41,42)43)15-19-35(31)40(2)36-20-16-26(22-32(28)36)48(44,45)46;4-3(5)1-2-6;4*1-4(2)3/h3-10,13-20,23-24H,11-12,21-22H2,1-2H3,(H2-,43,44,45,46,47,48,49,50);3-10,13-22H,11-12H2,1-2H3,(H-,41,42,43,44,45,46);6H,1-2H2,(H,4,5);;;;/p+1. The van der Waals surface area contributed by atoms with Crippen LogP contribution in [0.15, 0.2) is 258 Å². The van der Waals surface area contributed by atoms with Crippen molar-refractivity contribution in [2.75, 3.05) is 35.4 Å². The van der Waals surface area contributed by atoms with Gasteiger partial charge in [-0.05, 0) is 132 Å². The summed E-state index contributed by atoms with van der Waals surface area (Å²) in [6, 6.07) is 49.7. The van der Waals surface area contributed by atoms with E-state index in [2.05, 4.69) is 109 Å². The van der Waals surface area contributed by atoms with E-state index in [-0.39, 0.29) is 27.5 Å². The lowest BCUT2D eigenvalue weighted by atomic mass is 9.90. The summed E-state index contributed by atoms with van der Waals surface area (Å²) in [5.74, 6) is -0.922. The van der Waals surface area contributed by atoms with Gasteiger partial charge in [-0.2, -0.15) is 47.0 Å². The van der Waals surface area contributed by atoms with Crippen LogP contribution in [0.25, 0.3) is 66.9 Å². The average molecular weight is 1890 g/mol. The number of carbonyl (C=O) groups is 2. The number of anilines is 4. The van der Waals surface area contributed by atoms with E-state index in [0.717, 1.165) is 83.3 Å². The van der Waals surface area contributed by atoms with E-state index in [1.807, 2.05) is 60.7 Å². The average Bonchev–Trinajstić information content (AvgIpc) is 1.35. The fraction of sp³-hybridized carbons (Fsp3) is 0.150. The van der Waals surface area contributed by atoms with Gasteiger partial charge in [0.1, 0.15) is 24.2 Å². The largest absolute Gasteiger partial charge is 0.744 e. The van der Waals surface area contributed by atoms with E-state index in [1.165, 1.54) is 60.3 Å². The lowest BCUT2D eigenvalue weighted by Gasteiger charge is -2.31. The van der Waals surface area contributed by atoms with Crippen LogP contribution in [0.5, 0.6) is 0 Å². The first kappa shape index (κ1) is 97.1. The Balaban J connectivity index is 0.000000246. The fourth-order valence-corrected chi connectivity index (χ4v) is 17.5. The van der Waals surface area contributed by atoms with Gasteiger partial charge in [0.2, 0.25) is 22.1 Å². The molecule has 0 saturated heterocycles. The molecule has 4 heterocycles. The molecule has 5 N–H and O–H groups in total. The Kier molecular flexibility index (Phi) is 33.3. The summed E-state index contributed by atoms with van der Waals surface area (Å²) in [4.78, 5) is 25.0. The molecule has 0 radical (unpaired) electrons. The summed E-state index contributed by atoms with van der Waals surface area (Å²) in [7, 11) is -23.3. The maximum absolute atomic E-state index is 12.2. The number of carboxylic acid groups (broad SMARTS) is 2. The Morgan fingerprint density at radius 3 is 1.04 bits per heavy atom. The number of allylic oxidation sites excluding steroid dienone is 11. The highest BCUT2D eigenvalue weighted by Gasteiger charge is 2.29. The van der Waals surface area contributed by atoms with Crippen LogP contribution in [0.3, 0.4) is 0 Å². The summed E-state index contributed by atoms with van der Waals surface area (Å²) < 4.78 is 243. The molecule has 2 aromatic heterocycles. The Morgan fingerprint density at radius 1 is 0.439 bits per heavy atom. The molecule has 123 heavy (non-hydrogen) atoms. The maximum Gasteiger partial charge on any atom is 0.425 e. The number of nitrogens with zero attached hydrogens (tertiary/aromatic N) is 4. The van der Waals surface area contributed by atoms with E-state index in [1.54, 1.807) is 59.6 Å². The lowest BCUT2D eigenvalue weighted by molar-refractivity contribution is -0.617. The first-order valence-corrected chi connectivity index (χ1v) is 47.0. The minimum atomic E-state index is -4.78. The van der Waals surface area contributed by atoms with Crippen molar-refractivity contribution in [3.05, 3.63) is 272 Å². The summed E-state index contributed by atoms with van der Waals surface area (Å²) >= 11 is 12.1. The molecule has 2 aliphatic heterocycles. The molecule has 0 bridgehead atoms. The molecule has 32 nitrogen and oxygen atoms in total. The Bertz CT molecular complexity index is 6820. The molecule has 4 aliphatic rings. The normalized spacial score (nSPS) is 14.1. The van der Waals surface area contributed by atoms with Gasteiger partial charge in [0.25, 0.3) is 30.4 Å². The number of rotatable bonds is 16. The second-order valence-electron chi connectivity index (χ2n) is 26.3. The number of aliphatic carboxylic acids is 2. The number of fused-ring (bicyclic) bond motifs is 8. The molecular formula is C80H70ClN4O28S10+. The zero-order valence-corrected chi connectivity index (χ0v) is 73.4. The van der Waals surface area contributed by atoms with Crippen molar-refractivity contribution in [1.29, 1.82) is 0 Å². The number of thiol groups is 1. The van der Waals surface area contributed by atoms with Crippen LogP contribution in [0.1, 0.15) is 71.9 Å². The van der Waals surface area contributed by atoms with E-state index in [0.29, 0.717) is 97.0 Å². The molecule has 0 saturated carbocycles. The number of halogens is 1. The van der Waals surface area contributed by atoms with Crippen molar-refractivity contribution in [2.45, 2.75) is 58.1 Å². The van der Waals surface area contributed by atoms with Crippen LogP contribution in [0.2, 0.25) is 0 Å². The highest BCUT2D eigenvalue weighted by atomic mass is 35.5. The smallest absolute Gasteiger partial charge is 0.425 e. The molecule has 644 valence electrons. The number of hydrogen-bond acceptors (Lipinski definition) is 27. The quantitative estimate of drug-likeness (QED) is 0.0226. The second-order valence-corrected chi connectivity index (χ2v) is 35.5. The van der Waals surface area contributed by atoms with Gasteiger partial charge < -0.3 is 24.6 Å².